The molecule has 0 fully saturated rings. The first-order chi connectivity index (χ1) is 9.47. The molecule has 0 saturated heterocycles. The van der Waals surface area contributed by atoms with Gasteiger partial charge in [-0.05, 0) is 30.0 Å². The minimum Gasteiger partial charge on any atom is -0.495 e. The molecule has 20 heavy (non-hydrogen) atoms. The Balaban J connectivity index is 2.08. The molecule has 0 aliphatic carbocycles. The molecular weight excluding hydrogens is 276 g/mol. The summed E-state index contributed by atoms with van der Waals surface area (Å²) in [4.78, 5) is 0. The second kappa shape index (κ2) is 6.26. The Morgan fingerprint density at radius 1 is 1.35 bits per heavy atom. The van der Waals surface area contributed by atoms with Gasteiger partial charge in [-0.3, -0.25) is 0 Å². The number of alkyl halides is 2. The normalized spacial score (nSPS) is 22.6. The van der Waals surface area contributed by atoms with Crippen LogP contribution in [0.5, 0.6) is 0 Å². The SMILES string of the molecule is C[C@@H]1CC(c2ccc(F)cc2F)=CO[C@H]1COC(F)F. The quantitative estimate of drug-likeness (QED) is 0.781. The summed E-state index contributed by atoms with van der Waals surface area (Å²) in [6, 6.07) is 3.30. The van der Waals surface area contributed by atoms with Crippen LogP contribution in [0.2, 0.25) is 0 Å². The summed E-state index contributed by atoms with van der Waals surface area (Å²) in [7, 11) is 0. The summed E-state index contributed by atoms with van der Waals surface area (Å²) in [6.45, 7) is -1.27. The van der Waals surface area contributed by atoms with Gasteiger partial charge in [-0.2, -0.15) is 8.78 Å². The fourth-order valence-corrected chi connectivity index (χ4v) is 2.12. The summed E-state index contributed by atoms with van der Waals surface area (Å²) >= 11 is 0. The summed E-state index contributed by atoms with van der Waals surface area (Å²) in [5, 5.41) is 0. The van der Waals surface area contributed by atoms with Gasteiger partial charge in [0.05, 0.1) is 12.9 Å². The number of ether oxygens (including phenoxy) is 2. The lowest BCUT2D eigenvalue weighted by atomic mass is 9.90. The van der Waals surface area contributed by atoms with Crippen LogP contribution in [0.25, 0.3) is 5.57 Å². The molecule has 1 aliphatic heterocycles. The van der Waals surface area contributed by atoms with Crippen LogP contribution in [0, 0.1) is 17.6 Å². The van der Waals surface area contributed by atoms with Crippen LogP contribution in [-0.2, 0) is 9.47 Å². The summed E-state index contributed by atoms with van der Waals surface area (Å²) in [5.41, 5.74) is 0.828. The van der Waals surface area contributed by atoms with E-state index in [-0.39, 0.29) is 18.1 Å². The maximum Gasteiger partial charge on any atom is 0.345 e. The summed E-state index contributed by atoms with van der Waals surface area (Å²) in [5.74, 6) is -1.44. The maximum absolute atomic E-state index is 13.7. The van der Waals surface area contributed by atoms with Gasteiger partial charge in [0.15, 0.2) is 0 Å². The molecular formula is C14H14F4O2. The lowest BCUT2D eigenvalue weighted by Crippen LogP contribution is -2.29. The van der Waals surface area contributed by atoms with E-state index < -0.39 is 24.3 Å². The van der Waals surface area contributed by atoms with Crippen molar-refractivity contribution < 1.29 is 27.0 Å². The van der Waals surface area contributed by atoms with E-state index >= 15 is 0 Å². The lowest BCUT2D eigenvalue weighted by Gasteiger charge is -2.29. The Labute approximate surface area is 114 Å². The Morgan fingerprint density at radius 2 is 2.10 bits per heavy atom. The largest absolute Gasteiger partial charge is 0.495 e. The standard InChI is InChI=1S/C14H14F4O2/c1-8-4-9(6-19-13(8)7-20-14(17)18)11-3-2-10(15)5-12(11)16/h2-3,5-6,8,13-14H,4,7H2,1H3/t8-,13+/m1/s1. The Bertz CT molecular complexity index is 502. The summed E-state index contributed by atoms with van der Waals surface area (Å²) < 4.78 is 60.0. The highest BCUT2D eigenvalue weighted by molar-refractivity contribution is 5.66. The number of rotatable bonds is 4. The van der Waals surface area contributed by atoms with Crippen molar-refractivity contribution in [2.24, 2.45) is 5.92 Å². The molecule has 2 rings (SSSR count). The van der Waals surface area contributed by atoms with Crippen molar-refractivity contribution in [3.8, 4) is 0 Å². The monoisotopic (exact) mass is 290 g/mol. The highest BCUT2D eigenvalue weighted by atomic mass is 19.3. The molecule has 1 aromatic carbocycles. The van der Waals surface area contributed by atoms with Crippen molar-refractivity contribution in [1.29, 1.82) is 0 Å². The molecule has 2 nitrogen and oxygen atoms in total. The van der Waals surface area contributed by atoms with Gasteiger partial charge in [0, 0.05) is 11.6 Å². The first kappa shape index (κ1) is 14.8. The third-order valence-electron chi connectivity index (χ3n) is 3.23. The lowest BCUT2D eigenvalue weighted by molar-refractivity contribution is -0.154. The first-order valence-electron chi connectivity index (χ1n) is 6.17. The zero-order valence-corrected chi connectivity index (χ0v) is 10.8. The molecule has 1 heterocycles. The van der Waals surface area contributed by atoms with E-state index in [1.807, 2.05) is 0 Å². The van der Waals surface area contributed by atoms with Gasteiger partial charge in [0.2, 0.25) is 0 Å². The van der Waals surface area contributed by atoms with Gasteiger partial charge in [-0.25, -0.2) is 8.78 Å². The van der Waals surface area contributed by atoms with Crippen LogP contribution in [0.3, 0.4) is 0 Å². The molecule has 110 valence electrons. The van der Waals surface area contributed by atoms with Crippen molar-refractivity contribution in [2.75, 3.05) is 6.61 Å². The van der Waals surface area contributed by atoms with Crippen LogP contribution in [0.1, 0.15) is 18.9 Å². The third kappa shape index (κ3) is 3.50. The van der Waals surface area contributed by atoms with Crippen molar-refractivity contribution in [3.63, 3.8) is 0 Å². The predicted molar refractivity (Wildman–Crippen MR) is 64.9 cm³/mol. The molecule has 0 N–H and O–H groups in total. The van der Waals surface area contributed by atoms with Crippen molar-refractivity contribution >= 4 is 5.57 Å². The molecule has 0 amide bonds. The molecule has 0 bridgehead atoms. The van der Waals surface area contributed by atoms with Crippen LogP contribution < -0.4 is 0 Å². The van der Waals surface area contributed by atoms with E-state index in [4.69, 9.17) is 4.74 Å². The second-order valence-corrected chi connectivity index (χ2v) is 4.72. The Kier molecular flexibility index (Phi) is 4.65. The summed E-state index contributed by atoms with van der Waals surface area (Å²) in [6.07, 6.45) is 1.27. The zero-order valence-electron chi connectivity index (χ0n) is 10.8. The molecule has 1 aliphatic rings. The van der Waals surface area contributed by atoms with E-state index in [0.29, 0.717) is 12.0 Å². The first-order valence-corrected chi connectivity index (χ1v) is 6.17. The van der Waals surface area contributed by atoms with Crippen molar-refractivity contribution in [2.45, 2.75) is 26.1 Å². The molecule has 0 radical (unpaired) electrons. The zero-order chi connectivity index (χ0) is 14.7. The van der Waals surface area contributed by atoms with E-state index in [1.54, 1.807) is 6.92 Å². The average molecular weight is 290 g/mol. The van der Waals surface area contributed by atoms with E-state index in [2.05, 4.69) is 4.74 Å². The highest BCUT2D eigenvalue weighted by Crippen LogP contribution is 2.32. The van der Waals surface area contributed by atoms with Gasteiger partial charge in [0.1, 0.15) is 17.7 Å². The van der Waals surface area contributed by atoms with Crippen LogP contribution in [0.4, 0.5) is 17.6 Å². The topological polar surface area (TPSA) is 18.5 Å². The number of allylic oxidation sites excluding steroid dienone is 1. The molecule has 1 aromatic rings. The Hall–Kier alpha value is -1.56. The van der Waals surface area contributed by atoms with Gasteiger partial charge in [-0.15, -0.1) is 0 Å². The average Bonchev–Trinajstić information content (AvgIpc) is 2.37. The third-order valence-corrected chi connectivity index (χ3v) is 3.23. The van der Waals surface area contributed by atoms with Gasteiger partial charge < -0.3 is 9.47 Å². The second-order valence-electron chi connectivity index (χ2n) is 4.72. The van der Waals surface area contributed by atoms with Crippen LogP contribution in [0.15, 0.2) is 24.5 Å². The molecule has 2 atom stereocenters. The maximum atomic E-state index is 13.7. The fraction of sp³-hybridized carbons (Fsp3) is 0.429. The minimum absolute atomic E-state index is 0.113. The van der Waals surface area contributed by atoms with E-state index in [1.165, 1.54) is 12.3 Å². The molecule has 0 spiro atoms. The molecule has 0 saturated carbocycles. The van der Waals surface area contributed by atoms with Gasteiger partial charge in [0.25, 0.3) is 0 Å². The highest BCUT2D eigenvalue weighted by Gasteiger charge is 2.26. The van der Waals surface area contributed by atoms with Crippen molar-refractivity contribution in [1.82, 2.24) is 0 Å². The van der Waals surface area contributed by atoms with Gasteiger partial charge >= 0.3 is 6.61 Å². The number of halogens is 4. The smallest absolute Gasteiger partial charge is 0.345 e. The fourth-order valence-electron chi connectivity index (χ4n) is 2.12. The van der Waals surface area contributed by atoms with Crippen molar-refractivity contribution in [3.05, 3.63) is 41.7 Å². The van der Waals surface area contributed by atoms with Crippen LogP contribution >= 0.6 is 0 Å². The molecule has 0 unspecified atom stereocenters. The predicted octanol–water partition coefficient (Wildman–Crippen LogP) is 3.97. The number of hydrogen-bond acceptors (Lipinski definition) is 2. The number of hydrogen-bond donors (Lipinski definition) is 0. The number of benzene rings is 1. The van der Waals surface area contributed by atoms with Gasteiger partial charge in [-0.1, -0.05) is 6.92 Å². The molecule has 0 aromatic heterocycles. The molecule has 6 heteroatoms. The van der Waals surface area contributed by atoms with E-state index in [0.717, 1.165) is 12.1 Å². The van der Waals surface area contributed by atoms with Crippen LogP contribution in [-0.4, -0.2) is 19.3 Å². The minimum atomic E-state index is -2.84. The van der Waals surface area contributed by atoms with E-state index in [9.17, 15) is 17.6 Å². The Morgan fingerprint density at radius 3 is 2.70 bits per heavy atom.